The van der Waals surface area contributed by atoms with Gasteiger partial charge in [-0.05, 0) is 29.8 Å². The van der Waals surface area contributed by atoms with Gasteiger partial charge >= 0.3 is 0 Å². The molecule has 0 aliphatic rings. The number of rotatable bonds is 4. The summed E-state index contributed by atoms with van der Waals surface area (Å²) in [5.41, 5.74) is 1.62. The van der Waals surface area contributed by atoms with E-state index in [0.29, 0.717) is 16.2 Å². The maximum absolute atomic E-state index is 12.4. The van der Waals surface area contributed by atoms with Crippen molar-refractivity contribution in [1.29, 1.82) is 0 Å². The maximum Gasteiger partial charge on any atom is 0.258 e. The van der Waals surface area contributed by atoms with Crippen LogP contribution in [-0.4, -0.2) is 18.7 Å². The van der Waals surface area contributed by atoms with Crippen molar-refractivity contribution >= 4 is 16.4 Å². The quantitative estimate of drug-likeness (QED) is 0.792. The van der Waals surface area contributed by atoms with E-state index in [4.69, 9.17) is 5.11 Å². The van der Waals surface area contributed by atoms with Gasteiger partial charge in [-0.2, -0.15) is 0 Å². The van der Waals surface area contributed by atoms with Crippen molar-refractivity contribution in [3.63, 3.8) is 0 Å². The molecule has 2 aromatic heterocycles. The number of hydrogen-bond donors (Lipinski definition) is 1. The third-order valence-electron chi connectivity index (χ3n) is 3.27. The summed E-state index contributed by atoms with van der Waals surface area (Å²) in [6, 6.07) is 13.6. The molecule has 0 saturated heterocycles. The molecule has 0 spiro atoms. The summed E-state index contributed by atoms with van der Waals surface area (Å²) in [6.07, 6.45) is 1.65. The van der Waals surface area contributed by atoms with Crippen LogP contribution in [0.2, 0.25) is 0 Å². The van der Waals surface area contributed by atoms with Crippen LogP contribution in [0.3, 0.4) is 0 Å². The van der Waals surface area contributed by atoms with Gasteiger partial charge in [-0.25, -0.2) is 4.98 Å². The van der Waals surface area contributed by atoms with Gasteiger partial charge in [0.15, 0.2) is 0 Å². The summed E-state index contributed by atoms with van der Waals surface area (Å²) in [5, 5.41) is 9.01. The lowest BCUT2D eigenvalue weighted by molar-refractivity contribution is 0.282. The average Bonchev–Trinajstić information content (AvgIpc) is 2.55. The molecule has 0 saturated carbocycles. The molecule has 112 valence electrons. The van der Waals surface area contributed by atoms with Crippen LogP contribution in [0.4, 0.5) is 0 Å². The van der Waals surface area contributed by atoms with E-state index in [-0.39, 0.29) is 17.9 Å². The first-order chi connectivity index (χ1) is 10.7. The molecular weight excluding hydrogens is 300 g/mol. The van der Waals surface area contributed by atoms with Gasteiger partial charge in [0.05, 0.1) is 28.9 Å². The van der Waals surface area contributed by atoms with Gasteiger partial charge in [-0.3, -0.25) is 13.4 Å². The summed E-state index contributed by atoms with van der Waals surface area (Å²) >= 11 is 0. The van der Waals surface area contributed by atoms with Crippen molar-refractivity contribution < 1.29 is 9.32 Å². The maximum atomic E-state index is 12.4. The van der Waals surface area contributed by atoms with Crippen LogP contribution < -0.4 is 5.56 Å². The predicted molar refractivity (Wildman–Crippen MR) is 83.9 cm³/mol. The normalized spacial score (nSPS) is 12.4. The van der Waals surface area contributed by atoms with E-state index in [1.807, 2.05) is 0 Å². The highest BCUT2D eigenvalue weighted by Crippen LogP contribution is 2.12. The second-order valence-electron chi connectivity index (χ2n) is 4.81. The number of fused-ring (bicyclic) bond motifs is 1. The highest BCUT2D eigenvalue weighted by molar-refractivity contribution is 7.84. The minimum absolute atomic E-state index is 0.0457. The molecule has 0 fully saturated rings. The van der Waals surface area contributed by atoms with Crippen LogP contribution in [0, 0.1) is 0 Å². The molecule has 5 nitrogen and oxygen atoms in total. The Labute approximate surface area is 129 Å². The molecule has 6 heteroatoms. The fraction of sp³-hybridized carbons (Fsp3) is 0.125. The summed E-state index contributed by atoms with van der Waals surface area (Å²) in [7, 11) is -1.29. The molecule has 1 unspecified atom stereocenters. The fourth-order valence-corrected chi connectivity index (χ4v) is 3.16. The van der Waals surface area contributed by atoms with E-state index in [1.54, 1.807) is 48.7 Å². The molecule has 0 aliphatic carbocycles. The number of pyridine rings is 1. The Morgan fingerprint density at radius 3 is 2.64 bits per heavy atom. The van der Waals surface area contributed by atoms with Crippen molar-refractivity contribution in [2.24, 2.45) is 0 Å². The first-order valence-corrected chi connectivity index (χ1v) is 8.05. The van der Waals surface area contributed by atoms with E-state index in [2.05, 4.69) is 4.98 Å². The monoisotopic (exact) mass is 314 g/mol. The Kier molecular flexibility index (Phi) is 4.13. The van der Waals surface area contributed by atoms with Crippen LogP contribution in [-0.2, 0) is 23.2 Å². The lowest BCUT2D eigenvalue weighted by Gasteiger charge is -2.05. The Morgan fingerprint density at radius 1 is 1.14 bits per heavy atom. The summed E-state index contributed by atoms with van der Waals surface area (Å²) in [4.78, 5) is 17.0. The number of aliphatic hydroxyl groups excluding tert-OH is 1. The number of nitrogens with zero attached hydrogens (tertiary/aromatic N) is 2. The van der Waals surface area contributed by atoms with E-state index >= 15 is 0 Å². The molecule has 0 radical (unpaired) electrons. The molecule has 1 N–H and O–H groups in total. The average molecular weight is 314 g/mol. The molecule has 2 heterocycles. The minimum atomic E-state index is -1.29. The fourth-order valence-electron chi connectivity index (χ4n) is 2.14. The predicted octanol–water partition coefficient (Wildman–Crippen LogP) is 1.49. The van der Waals surface area contributed by atoms with Crippen molar-refractivity contribution in [2.75, 3.05) is 0 Å². The van der Waals surface area contributed by atoms with Crippen LogP contribution in [0.15, 0.2) is 64.4 Å². The van der Waals surface area contributed by atoms with Crippen LogP contribution >= 0.6 is 0 Å². The molecule has 0 aliphatic heterocycles. The molecule has 22 heavy (non-hydrogen) atoms. The van der Waals surface area contributed by atoms with E-state index in [0.717, 1.165) is 5.56 Å². The summed E-state index contributed by atoms with van der Waals surface area (Å²) < 4.78 is 13.8. The highest BCUT2D eigenvalue weighted by atomic mass is 32.2. The first-order valence-electron chi connectivity index (χ1n) is 6.73. The standard InChI is InChI=1S/C16H14N2O3S/c19-10-12-4-6-14(7-5-12)22(21)11-13-9-16(20)18-8-2-1-3-15(18)17-13/h1-9,19H,10-11H2. The van der Waals surface area contributed by atoms with Crippen LogP contribution in [0.25, 0.3) is 5.65 Å². The van der Waals surface area contributed by atoms with E-state index in [1.165, 1.54) is 10.5 Å². The zero-order valence-electron chi connectivity index (χ0n) is 11.7. The second-order valence-corrected chi connectivity index (χ2v) is 6.26. The summed E-state index contributed by atoms with van der Waals surface area (Å²) in [5.74, 6) is 0.180. The molecule has 3 rings (SSSR count). The van der Waals surface area contributed by atoms with Crippen molar-refractivity contribution in [3.8, 4) is 0 Å². The SMILES string of the molecule is O=c1cc(CS(=O)c2ccc(CO)cc2)nc2ccccn12. The van der Waals surface area contributed by atoms with Crippen LogP contribution in [0.5, 0.6) is 0 Å². The third-order valence-corrected chi connectivity index (χ3v) is 4.63. The van der Waals surface area contributed by atoms with Crippen molar-refractivity contribution in [1.82, 2.24) is 9.38 Å². The second kappa shape index (κ2) is 6.21. The van der Waals surface area contributed by atoms with Crippen molar-refractivity contribution in [3.05, 3.63) is 76.3 Å². The summed E-state index contributed by atoms with van der Waals surface area (Å²) in [6.45, 7) is -0.0457. The van der Waals surface area contributed by atoms with Crippen LogP contribution in [0.1, 0.15) is 11.3 Å². The first kappa shape index (κ1) is 14.6. The number of benzene rings is 1. The number of aromatic nitrogens is 2. The molecule has 3 aromatic rings. The van der Waals surface area contributed by atoms with Gasteiger partial charge in [0.1, 0.15) is 5.65 Å². The molecular formula is C16H14N2O3S. The van der Waals surface area contributed by atoms with Gasteiger partial charge in [0.25, 0.3) is 5.56 Å². The largest absolute Gasteiger partial charge is 0.392 e. The molecule has 0 amide bonds. The molecule has 0 bridgehead atoms. The smallest absolute Gasteiger partial charge is 0.258 e. The zero-order chi connectivity index (χ0) is 15.5. The van der Waals surface area contributed by atoms with Gasteiger partial charge in [0.2, 0.25) is 0 Å². The number of aliphatic hydroxyl groups is 1. The van der Waals surface area contributed by atoms with Crippen molar-refractivity contribution in [2.45, 2.75) is 17.3 Å². The number of hydrogen-bond acceptors (Lipinski definition) is 4. The van der Waals surface area contributed by atoms with Gasteiger partial charge in [-0.1, -0.05) is 18.2 Å². The Morgan fingerprint density at radius 2 is 1.91 bits per heavy atom. The van der Waals surface area contributed by atoms with Gasteiger partial charge < -0.3 is 5.11 Å². The lowest BCUT2D eigenvalue weighted by Crippen LogP contribution is -2.15. The molecule has 1 aromatic carbocycles. The molecule has 1 atom stereocenters. The van der Waals surface area contributed by atoms with Gasteiger partial charge in [0, 0.05) is 17.2 Å². The third kappa shape index (κ3) is 2.98. The lowest BCUT2D eigenvalue weighted by atomic mass is 10.2. The Bertz CT molecular complexity index is 888. The van der Waals surface area contributed by atoms with E-state index < -0.39 is 10.8 Å². The van der Waals surface area contributed by atoms with Gasteiger partial charge in [-0.15, -0.1) is 0 Å². The minimum Gasteiger partial charge on any atom is -0.392 e. The Hall–Kier alpha value is -2.31. The zero-order valence-corrected chi connectivity index (χ0v) is 12.5. The van der Waals surface area contributed by atoms with E-state index in [9.17, 15) is 9.00 Å². The Balaban J connectivity index is 1.88. The highest BCUT2D eigenvalue weighted by Gasteiger charge is 2.08. The topological polar surface area (TPSA) is 71.7 Å².